The van der Waals surface area contributed by atoms with E-state index in [-0.39, 0.29) is 41.2 Å². The highest BCUT2D eigenvalue weighted by Gasteiger charge is 2.56. The number of primary amides is 1. The molecule has 4 rings (SSSR count). The molecule has 0 spiro atoms. The number of aromatic nitrogens is 1. The van der Waals surface area contributed by atoms with Crippen LogP contribution in [0.5, 0.6) is 0 Å². The number of fused-ring (bicyclic) bond motifs is 1. The van der Waals surface area contributed by atoms with Gasteiger partial charge in [-0.05, 0) is 37.6 Å². The summed E-state index contributed by atoms with van der Waals surface area (Å²) >= 11 is 0. The minimum Gasteiger partial charge on any atom is -0.376 e. The van der Waals surface area contributed by atoms with Crippen LogP contribution in [0.15, 0.2) is 54.7 Å². The van der Waals surface area contributed by atoms with Crippen molar-refractivity contribution in [2.24, 2.45) is 11.7 Å². The molecular weight excluding hydrogens is 477 g/mol. The topological polar surface area (TPSA) is 115 Å². The summed E-state index contributed by atoms with van der Waals surface area (Å²) in [7, 11) is 0. The van der Waals surface area contributed by atoms with Gasteiger partial charge in [0.15, 0.2) is 5.60 Å². The Morgan fingerprint density at radius 1 is 1.14 bits per heavy atom. The maximum absolute atomic E-state index is 14.4. The van der Waals surface area contributed by atoms with Crippen molar-refractivity contribution in [3.63, 3.8) is 0 Å². The lowest BCUT2D eigenvalue weighted by molar-refractivity contribution is -0.384. The molecule has 0 bridgehead atoms. The summed E-state index contributed by atoms with van der Waals surface area (Å²) in [6, 6.07) is 12.6. The third-order valence-electron chi connectivity index (χ3n) is 6.97. The second-order valence-electron chi connectivity index (χ2n) is 9.24. The van der Waals surface area contributed by atoms with Crippen LogP contribution in [-0.2, 0) is 16.9 Å². The number of hydrogen-bond donors (Lipinski definition) is 2. The van der Waals surface area contributed by atoms with Gasteiger partial charge in [-0.3, -0.25) is 14.9 Å². The summed E-state index contributed by atoms with van der Waals surface area (Å²) in [5.74, 6) is -0.712. The van der Waals surface area contributed by atoms with Gasteiger partial charge >= 0.3 is 6.18 Å². The van der Waals surface area contributed by atoms with E-state index < -0.39 is 29.0 Å². The molecule has 1 unspecified atom stereocenters. The Morgan fingerprint density at radius 3 is 2.39 bits per heavy atom. The summed E-state index contributed by atoms with van der Waals surface area (Å²) < 4.78 is 44.8. The normalized spacial score (nSPS) is 17.2. The number of benzene rings is 2. The Balaban J connectivity index is 1.71. The molecular formula is C25H27F3N4O4. The number of alkyl halides is 3. The van der Waals surface area contributed by atoms with Crippen LogP contribution < -0.4 is 5.73 Å². The van der Waals surface area contributed by atoms with Gasteiger partial charge in [-0.15, -0.1) is 0 Å². The molecule has 36 heavy (non-hydrogen) atoms. The number of carbonyl (C=O) groups excluding carboxylic acids is 1. The highest BCUT2D eigenvalue weighted by Crippen LogP contribution is 2.45. The van der Waals surface area contributed by atoms with Crippen molar-refractivity contribution in [2.45, 2.75) is 37.6 Å². The molecule has 3 aromatic rings. The molecule has 3 N–H and O–H groups in total. The lowest BCUT2D eigenvalue weighted by atomic mass is 9.88. The number of piperidine rings is 1. The lowest BCUT2D eigenvalue weighted by Gasteiger charge is -2.35. The maximum atomic E-state index is 14.4. The fraction of sp³-hybridized carbons (Fsp3) is 0.400. The molecule has 0 saturated carbocycles. The van der Waals surface area contributed by atoms with E-state index in [0.717, 1.165) is 11.6 Å². The van der Waals surface area contributed by atoms with E-state index in [9.17, 15) is 33.2 Å². The average molecular weight is 505 g/mol. The van der Waals surface area contributed by atoms with Crippen molar-refractivity contribution in [3.8, 4) is 0 Å². The third-order valence-corrected chi connectivity index (χ3v) is 6.97. The van der Waals surface area contributed by atoms with Crippen LogP contribution >= 0.6 is 0 Å². The Bertz CT molecular complexity index is 1250. The van der Waals surface area contributed by atoms with Gasteiger partial charge in [-0.25, -0.2) is 0 Å². The van der Waals surface area contributed by atoms with Gasteiger partial charge in [0.25, 0.3) is 5.69 Å². The van der Waals surface area contributed by atoms with Crippen molar-refractivity contribution in [2.75, 3.05) is 19.6 Å². The Kier molecular flexibility index (Phi) is 7.05. The number of nitrogens with two attached hydrogens (primary N) is 1. The summed E-state index contributed by atoms with van der Waals surface area (Å²) in [6.07, 6.45) is -3.46. The lowest BCUT2D eigenvalue weighted by Crippen LogP contribution is -2.46. The number of nitro groups is 1. The van der Waals surface area contributed by atoms with Crippen molar-refractivity contribution in [1.82, 2.24) is 9.47 Å². The molecule has 1 atom stereocenters. The van der Waals surface area contributed by atoms with Crippen LogP contribution in [0.25, 0.3) is 10.9 Å². The Hall–Kier alpha value is -3.44. The van der Waals surface area contributed by atoms with Crippen LogP contribution in [0, 0.1) is 16.0 Å². The molecule has 1 fully saturated rings. The van der Waals surface area contributed by atoms with Crippen LogP contribution in [0.4, 0.5) is 18.9 Å². The number of amides is 1. The SMILES string of the molecule is NC(=O)C1CCN(CCC(O)(c2cn(Cc3ccccc3)c3cc([N+](=O)[O-])ccc23)C(F)(F)F)CC1. The number of rotatable bonds is 8. The van der Waals surface area contributed by atoms with Crippen molar-refractivity contribution < 1.29 is 28.0 Å². The highest BCUT2D eigenvalue weighted by atomic mass is 19.4. The van der Waals surface area contributed by atoms with E-state index in [0.29, 0.717) is 25.9 Å². The van der Waals surface area contributed by atoms with Gasteiger partial charge in [-0.1, -0.05) is 30.3 Å². The van der Waals surface area contributed by atoms with E-state index in [1.807, 2.05) is 6.07 Å². The molecule has 0 radical (unpaired) electrons. The molecule has 1 amide bonds. The van der Waals surface area contributed by atoms with Gasteiger partial charge in [0.05, 0.1) is 10.4 Å². The van der Waals surface area contributed by atoms with Gasteiger partial charge in [0, 0.05) is 54.7 Å². The van der Waals surface area contributed by atoms with Crippen molar-refractivity contribution in [3.05, 3.63) is 76.0 Å². The molecule has 1 aliphatic heterocycles. The van der Waals surface area contributed by atoms with E-state index in [1.165, 1.54) is 22.9 Å². The van der Waals surface area contributed by atoms with Crippen LogP contribution in [0.1, 0.15) is 30.4 Å². The fourth-order valence-electron chi connectivity index (χ4n) is 4.82. The van der Waals surface area contributed by atoms with Gasteiger partial charge in [-0.2, -0.15) is 13.2 Å². The van der Waals surface area contributed by atoms with E-state index in [4.69, 9.17) is 5.73 Å². The van der Waals surface area contributed by atoms with Gasteiger partial charge in [0.1, 0.15) is 0 Å². The number of likely N-dealkylation sites (tertiary alicyclic amines) is 1. The first kappa shape index (κ1) is 25.6. The highest BCUT2D eigenvalue weighted by molar-refractivity contribution is 5.87. The van der Waals surface area contributed by atoms with E-state index in [1.54, 1.807) is 29.2 Å². The number of hydrogen-bond acceptors (Lipinski definition) is 5. The van der Waals surface area contributed by atoms with Gasteiger partial charge in [0.2, 0.25) is 5.91 Å². The standard InChI is InChI=1S/C25H27F3N4O4/c26-25(27,28)24(34,10-13-30-11-8-18(9-12-30)23(29)33)21-16-31(15-17-4-2-1-3-5-17)22-14-19(32(35)36)6-7-20(21)22/h1-7,14,16,18,34H,8-13,15H2,(H2,29,33). The molecule has 8 nitrogen and oxygen atoms in total. The Morgan fingerprint density at radius 2 is 1.81 bits per heavy atom. The number of nitro benzene ring substituents is 1. The fourth-order valence-corrected chi connectivity index (χ4v) is 4.82. The zero-order valence-electron chi connectivity index (χ0n) is 19.4. The molecule has 1 aliphatic rings. The largest absolute Gasteiger partial charge is 0.421 e. The zero-order chi connectivity index (χ0) is 26.1. The number of aliphatic hydroxyl groups is 1. The van der Waals surface area contributed by atoms with Gasteiger partial charge < -0.3 is 20.3 Å². The predicted octanol–water partition coefficient (Wildman–Crippen LogP) is 3.94. The van der Waals surface area contributed by atoms with Crippen LogP contribution in [0.2, 0.25) is 0 Å². The van der Waals surface area contributed by atoms with Crippen molar-refractivity contribution >= 4 is 22.5 Å². The first-order valence-corrected chi connectivity index (χ1v) is 11.6. The smallest absolute Gasteiger partial charge is 0.376 e. The number of carbonyl (C=O) groups is 1. The summed E-state index contributed by atoms with van der Waals surface area (Å²) in [5, 5.41) is 22.6. The summed E-state index contributed by atoms with van der Waals surface area (Å²) in [5.41, 5.74) is 2.58. The molecule has 0 aliphatic carbocycles. The molecule has 2 heterocycles. The molecule has 1 aromatic heterocycles. The minimum absolute atomic E-state index is 0.0418. The maximum Gasteiger partial charge on any atom is 0.421 e. The first-order chi connectivity index (χ1) is 17.0. The monoisotopic (exact) mass is 504 g/mol. The molecule has 1 saturated heterocycles. The Labute approximate surface area is 205 Å². The molecule has 2 aromatic carbocycles. The summed E-state index contributed by atoms with van der Waals surface area (Å²) in [6.45, 7) is 0.944. The van der Waals surface area contributed by atoms with Crippen LogP contribution in [0.3, 0.4) is 0 Å². The van der Waals surface area contributed by atoms with Crippen LogP contribution in [-0.4, -0.2) is 51.2 Å². The third kappa shape index (κ3) is 5.07. The zero-order valence-corrected chi connectivity index (χ0v) is 19.4. The minimum atomic E-state index is -4.99. The average Bonchev–Trinajstić information content (AvgIpc) is 3.20. The number of halogens is 3. The quantitative estimate of drug-likeness (QED) is 0.356. The van der Waals surface area contributed by atoms with E-state index in [2.05, 4.69) is 0 Å². The molecule has 192 valence electrons. The van der Waals surface area contributed by atoms with E-state index >= 15 is 0 Å². The van der Waals surface area contributed by atoms with Crippen molar-refractivity contribution in [1.29, 1.82) is 0 Å². The second-order valence-corrected chi connectivity index (χ2v) is 9.24. The number of non-ortho nitro benzene ring substituents is 1. The number of nitrogens with zero attached hydrogens (tertiary/aromatic N) is 3. The summed E-state index contributed by atoms with van der Waals surface area (Å²) in [4.78, 5) is 23.9. The first-order valence-electron chi connectivity index (χ1n) is 11.6. The second kappa shape index (κ2) is 9.90. The predicted molar refractivity (Wildman–Crippen MR) is 127 cm³/mol. The molecule has 11 heteroatoms.